The number of benzene rings is 2. The summed E-state index contributed by atoms with van der Waals surface area (Å²) in [5, 5.41) is 13.6. The van der Waals surface area contributed by atoms with Crippen LogP contribution in [0.5, 0.6) is 0 Å². The highest BCUT2D eigenvalue weighted by atomic mass is 35.5. The quantitative estimate of drug-likeness (QED) is 0.386. The van der Waals surface area contributed by atoms with Crippen molar-refractivity contribution in [1.29, 1.82) is 0 Å². The fourth-order valence-electron chi connectivity index (χ4n) is 3.47. The number of nitro benzene ring substituents is 1. The number of carbonyl (C=O) groups excluding carboxylic acids is 2. The number of rotatable bonds is 7. The highest BCUT2D eigenvalue weighted by molar-refractivity contribution is 6.32. The maximum atomic E-state index is 12.9. The Labute approximate surface area is 173 Å². The Morgan fingerprint density at radius 2 is 1.86 bits per heavy atom. The predicted octanol–water partition coefficient (Wildman–Crippen LogP) is 5.05. The summed E-state index contributed by atoms with van der Waals surface area (Å²) >= 11 is 5.81. The molecule has 0 saturated heterocycles. The molecule has 0 aromatic heterocycles. The first-order valence-electron chi connectivity index (χ1n) is 9.43. The van der Waals surface area contributed by atoms with Gasteiger partial charge in [0.15, 0.2) is 0 Å². The van der Waals surface area contributed by atoms with Gasteiger partial charge in [0.2, 0.25) is 6.10 Å². The van der Waals surface area contributed by atoms with Crippen molar-refractivity contribution in [3.63, 3.8) is 0 Å². The highest BCUT2D eigenvalue weighted by Gasteiger charge is 2.28. The smallest absolute Gasteiger partial charge is 0.307 e. The minimum absolute atomic E-state index is 0.0319. The van der Waals surface area contributed by atoms with Gasteiger partial charge in [-0.1, -0.05) is 54.8 Å². The van der Waals surface area contributed by atoms with Crippen LogP contribution in [0.2, 0.25) is 5.02 Å². The second-order valence-electron chi connectivity index (χ2n) is 7.05. The Balaban J connectivity index is 1.76. The van der Waals surface area contributed by atoms with Gasteiger partial charge in [-0.05, 0) is 30.9 Å². The van der Waals surface area contributed by atoms with E-state index in [1.54, 1.807) is 30.3 Å². The van der Waals surface area contributed by atoms with Gasteiger partial charge in [-0.2, -0.15) is 0 Å². The van der Waals surface area contributed by atoms with Crippen LogP contribution in [-0.4, -0.2) is 16.8 Å². The van der Waals surface area contributed by atoms with Gasteiger partial charge in [-0.3, -0.25) is 19.7 Å². The van der Waals surface area contributed by atoms with Crippen molar-refractivity contribution in [2.45, 2.75) is 38.2 Å². The first kappa shape index (κ1) is 20.8. The molecule has 0 unspecified atom stereocenters. The van der Waals surface area contributed by atoms with E-state index in [9.17, 15) is 19.7 Å². The lowest BCUT2D eigenvalue weighted by atomic mass is 10.0. The van der Waals surface area contributed by atoms with E-state index in [1.807, 2.05) is 0 Å². The van der Waals surface area contributed by atoms with Crippen molar-refractivity contribution in [1.82, 2.24) is 0 Å². The number of anilines is 1. The van der Waals surface area contributed by atoms with E-state index >= 15 is 0 Å². The number of nitrogens with zero attached hydrogens (tertiary/aromatic N) is 1. The molecule has 0 aliphatic heterocycles. The molecule has 1 saturated carbocycles. The van der Waals surface area contributed by atoms with Crippen LogP contribution in [-0.2, 0) is 14.3 Å². The lowest BCUT2D eigenvalue weighted by Gasteiger charge is -2.19. The van der Waals surface area contributed by atoms with Crippen LogP contribution in [0.4, 0.5) is 11.4 Å². The number of ether oxygens (including phenoxy) is 1. The molecule has 1 aliphatic carbocycles. The average molecular weight is 417 g/mol. The van der Waals surface area contributed by atoms with Gasteiger partial charge in [0.25, 0.3) is 11.6 Å². The molecule has 1 atom stereocenters. The third kappa shape index (κ3) is 5.54. The Morgan fingerprint density at radius 1 is 1.17 bits per heavy atom. The molecule has 8 heteroatoms. The first-order valence-corrected chi connectivity index (χ1v) is 9.81. The molecule has 0 spiro atoms. The molecule has 3 rings (SSSR count). The number of hydrogen-bond donors (Lipinski definition) is 1. The van der Waals surface area contributed by atoms with Gasteiger partial charge in [0, 0.05) is 23.7 Å². The van der Waals surface area contributed by atoms with Gasteiger partial charge in [0.05, 0.1) is 4.92 Å². The largest absolute Gasteiger partial charge is 0.447 e. The van der Waals surface area contributed by atoms with Crippen molar-refractivity contribution < 1.29 is 19.2 Å². The van der Waals surface area contributed by atoms with Gasteiger partial charge in [-0.25, -0.2) is 0 Å². The van der Waals surface area contributed by atoms with Gasteiger partial charge in [-0.15, -0.1) is 0 Å². The molecule has 1 fully saturated rings. The van der Waals surface area contributed by atoms with Crippen molar-refractivity contribution in [2.75, 3.05) is 5.32 Å². The molecule has 0 radical (unpaired) electrons. The number of halogens is 1. The molecule has 2 aromatic rings. The molecule has 1 amide bonds. The van der Waals surface area contributed by atoms with E-state index in [-0.39, 0.29) is 22.8 Å². The summed E-state index contributed by atoms with van der Waals surface area (Å²) < 4.78 is 5.52. The molecule has 29 heavy (non-hydrogen) atoms. The number of nitro groups is 1. The molecule has 152 valence electrons. The maximum Gasteiger partial charge on any atom is 0.307 e. The van der Waals surface area contributed by atoms with Crippen LogP contribution in [0.1, 0.15) is 43.8 Å². The topological polar surface area (TPSA) is 98.5 Å². The van der Waals surface area contributed by atoms with E-state index in [0.29, 0.717) is 11.5 Å². The molecular weight excluding hydrogens is 396 g/mol. The van der Waals surface area contributed by atoms with E-state index in [1.165, 1.54) is 18.2 Å². The summed E-state index contributed by atoms with van der Waals surface area (Å²) in [6.07, 6.45) is 3.33. The summed E-state index contributed by atoms with van der Waals surface area (Å²) in [5.74, 6) is -0.725. The van der Waals surface area contributed by atoms with Crippen LogP contribution >= 0.6 is 11.6 Å². The van der Waals surface area contributed by atoms with Crippen molar-refractivity contribution in [3.8, 4) is 0 Å². The molecular formula is C21H21ClN2O5. The second-order valence-corrected chi connectivity index (χ2v) is 7.45. The lowest BCUT2D eigenvalue weighted by molar-refractivity contribution is -0.384. The van der Waals surface area contributed by atoms with Crippen molar-refractivity contribution in [2.24, 2.45) is 5.92 Å². The molecule has 2 aromatic carbocycles. The van der Waals surface area contributed by atoms with Crippen LogP contribution in [0.3, 0.4) is 0 Å². The van der Waals surface area contributed by atoms with Crippen molar-refractivity contribution >= 4 is 34.9 Å². The fourth-order valence-corrected chi connectivity index (χ4v) is 3.66. The molecule has 1 aliphatic rings. The number of esters is 1. The van der Waals surface area contributed by atoms with Crippen LogP contribution < -0.4 is 5.32 Å². The average Bonchev–Trinajstić information content (AvgIpc) is 3.21. The van der Waals surface area contributed by atoms with Crippen LogP contribution in [0.25, 0.3) is 0 Å². The number of nitrogens with one attached hydrogen (secondary N) is 1. The van der Waals surface area contributed by atoms with Gasteiger partial charge in [0.1, 0.15) is 5.02 Å². The van der Waals surface area contributed by atoms with E-state index in [2.05, 4.69) is 5.32 Å². The zero-order valence-electron chi connectivity index (χ0n) is 15.7. The normalized spacial score (nSPS) is 14.9. The number of hydrogen-bond acceptors (Lipinski definition) is 5. The Kier molecular flexibility index (Phi) is 6.82. The Hall–Kier alpha value is -2.93. The monoisotopic (exact) mass is 416 g/mol. The summed E-state index contributed by atoms with van der Waals surface area (Å²) in [7, 11) is 0. The Morgan fingerprint density at radius 3 is 2.52 bits per heavy atom. The van der Waals surface area contributed by atoms with Gasteiger partial charge < -0.3 is 10.1 Å². The summed E-state index contributed by atoms with van der Waals surface area (Å²) in [6, 6.07) is 12.6. The zero-order chi connectivity index (χ0) is 20.8. The molecule has 0 heterocycles. The summed E-state index contributed by atoms with van der Waals surface area (Å²) in [6.45, 7) is 0. The SMILES string of the molecule is O=C(CC1CCCC1)O[C@@H](C(=O)Nc1ccc(Cl)c([N+](=O)[O-])c1)c1ccccc1. The van der Waals surface area contributed by atoms with Crippen molar-refractivity contribution in [3.05, 3.63) is 69.2 Å². The molecule has 7 nitrogen and oxygen atoms in total. The Bertz CT molecular complexity index is 897. The molecule has 0 bridgehead atoms. The van der Waals surface area contributed by atoms with Gasteiger partial charge >= 0.3 is 5.97 Å². The summed E-state index contributed by atoms with van der Waals surface area (Å²) in [4.78, 5) is 35.7. The minimum atomic E-state index is -1.15. The predicted molar refractivity (Wildman–Crippen MR) is 109 cm³/mol. The van der Waals surface area contributed by atoms with E-state index in [4.69, 9.17) is 16.3 Å². The summed E-state index contributed by atoms with van der Waals surface area (Å²) in [5.41, 5.74) is 0.395. The number of carbonyl (C=O) groups is 2. The third-order valence-electron chi connectivity index (χ3n) is 4.93. The number of amides is 1. The highest BCUT2D eigenvalue weighted by Crippen LogP contribution is 2.30. The van der Waals surface area contributed by atoms with E-state index < -0.39 is 22.9 Å². The van der Waals surface area contributed by atoms with Crippen LogP contribution in [0, 0.1) is 16.0 Å². The van der Waals surface area contributed by atoms with Crippen LogP contribution in [0.15, 0.2) is 48.5 Å². The first-order chi connectivity index (χ1) is 13.9. The fraction of sp³-hybridized carbons (Fsp3) is 0.333. The zero-order valence-corrected chi connectivity index (χ0v) is 16.4. The van der Waals surface area contributed by atoms with E-state index in [0.717, 1.165) is 25.7 Å². The second kappa shape index (κ2) is 9.52. The standard InChI is InChI=1S/C21H21ClN2O5/c22-17-11-10-16(13-18(17)24(27)28)23-21(26)20(15-8-2-1-3-9-15)29-19(25)12-14-6-4-5-7-14/h1-3,8-11,13-14,20H,4-7,12H2,(H,23,26)/t20-/m1/s1. The minimum Gasteiger partial charge on any atom is -0.447 e. The third-order valence-corrected chi connectivity index (χ3v) is 5.25. The molecule has 1 N–H and O–H groups in total. The lowest BCUT2D eigenvalue weighted by Crippen LogP contribution is -2.26. The maximum absolute atomic E-state index is 12.9.